The van der Waals surface area contributed by atoms with Crippen molar-refractivity contribution in [3.8, 4) is 39.9 Å². The molecule has 0 atom stereocenters. The van der Waals surface area contributed by atoms with Gasteiger partial charge in [0.1, 0.15) is 34.5 Å². The molecule has 6 N–H and O–H groups in total. The molecule has 0 fully saturated rings. The highest BCUT2D eigenvalue weighted by molar-refractivity contribution is 5.86. The van der Waals surface area contributed by atoms with E-state index < -0.39 is 5.41 Å². The van der Waals surface area contributed by atoms with Crippen molar-refractivity contribution in [1.82, 2.24) is 0 Å². The highest BCUT2D eigenvalue weighted by Gasteiger charge is 2.47. The maximum absolute atomic E-state index is 12.2. The molecule has 6 nitrogen and oxygen atoms in total. The highest BCUT2D eigenvalue weighted by atomic mass is 16.3. The first-order valence-electron chi connectivity index (χ1n) is 20.2. The van der Waals surface area contributed by atoms with E-state index >= 15 is 0 Å². The lowest BCUT2D eigenvalue weighted by Gasteiger charge is -2.36. The van der Waals surface area contributed by atoms with Crippen molar-refractivity contribution in [2.24, 2.45) is 0 Å². The molecule has 2 aliphatic rings. The van der Waals surface area contributed by atoms with Crippen LogP contribution in [-0.4, -0.2) is 30.6 Å². The van der Waals surface area contributed by atoms with E-state index in [1.54, 1.807) is 48.6 Å². The van der Waals surface area contributed by atoms with Crippen molar-refractivity contribution < 1.29 is 30.6 Å². The number of hydrogen-bond acceptors (Lipinski definition) is 6. The maximum atomic E-state index is 12.2. The van der Waals surface area contributed by atoms with Crippen molar-refractivity contribution >= 4 is 0 Å². The number of allylic oxidation sites excluding steroid dienone is 5. The van der Waals surface area contributed by atoms with E-state index in [4.69, 9.17) is 0 Å². The molecule has 7 aromatic carbocycles. The fourth-order valence-electron chi connectivity index (χ4n) is 9.03. The molecule has 0 bridgehead atoms. The van der Waals surface area contributed by atoms with Crippen LogP contribution in [0.5, 0.6) is 28.7 Å². The summed E-state index contributed by atoms with van der Waals surface area (Å²) in [4.78, 5) is 0. The molecule has 0 saturated heterocycles. The molecule has 60 heavy (non-hydrogen) atoms. The van der Waals surface area contributed by atoms with E-state index in [0.29, 0.717) is 32.1 Å². The third kappa shape index (κ3) is 7.18. The lowest BCUT2D eigenvalue weighted by molar-refractivity contribution is 0.430. The van der Waals surface area contributed by atoms with Gasteiger partial charge in [-0.3, -0.25) is 0 Å². The van der Waals surface area contributed by atoms with Gasteiger partial charge in [-0.05, 0) is 133 Å². The summed E-state index contributed by atoms with van der Waals surface area (Å²) < 4.78 is 0. The van der Waals surface area contributed by atoms with Crippen molar-refractivity contribution in [3.63, 3.8) is 0 Å². The van der Waals surface area contributed by atoms with E-state index in [9.17, 15) is 30.6 Å². The van der Waals surface area contributed by atoms with E-state index in [1.165, 1.54) is 0 Å². The van der Waals surface area contributed by atoms with Gasteiger partial charge in [-0.1, -0.05) is 121 Å². The molecular formula is C54H44O6. The van der Waals surface area contributed by atoms with Gasteiger partial charge in [-0.2, -0.15) is 0 Å². The Balaban J connectivity index is 1.33. The standard InChI is InChI=1S/C54H44O6/c55-44-7-5-6-34(12-19-44)26-38-30-42(31-39(52(38)59)27-35-13-20-45(56)21-14-35)54(50-10-3-1-8-48(50)49-9-2-4-11-51(49)54)43-32-40(28-36-15-22-46(57)23-16-36)53(60)41(33-43)29-37-17-24-47(58)25-18-37/h1-4,6-25,30-33,55-60H,5,26-29H2. The number of hydrogen-bond donors (Lipinski definition) is 6. The highest BCUT2D eigenvalue weighted by Crippen LogP contribution is 2.57. The summed E-state index contributed by atoms with van der Waals surface area (Å²) in [5.74, 6) is 1.05. The number of benzene rings is 7. The van der Waals surface area contributed by atoms with Crippen molar-refractivity contribution in [2.75, 3.05) is 0 Å². The molecule has 0 aromatic heterocycles. The molecule has 0 aliphatic heterocycles. The number of aliphatic hydroxyl groups excluding tert-OH is 1. The van der Waals surface area contributed by atoms with Crippen molar-refractivity contribution in [2.45, 2.75) is 37.5 Å². The van der Waals surface area contributed by atoms with Crippen LogP contribution in [0, 0.1) is 0 Å². The van der Waals surface area contributed by atoms with Gasteiger partial charge in [0.05, 0.1) is 5.41 Å². The zero-order valence-corrected chi connectivity index (χ0v) is 32.9. The molecule has 6 heteroatoms. The largest absolute Gasteiger partial charge is 0.508 e. The van der Waals surface area contributed by atoms with Gasteiger partial charge in [0.15, 0.2) is 0 Å². The first kappa shape index (κ1) is 38.1. The number of phenolic OH excluding ortho intramolecular Hbond substituents is 5. The first-order chi connectivity index (χ1) is 29.1. The van der Waals surface area contributed by atoms with Crippen LogP contribution >= 0.6 is 0 Å². The minimum Gasteiger partial charge on any atom is -0.508 e. The Kier molecular flexibility index (Phi) is 9.98. The normalized spacial score (nSPS) is 13.9. The SMILES string of the molecule is OC1=CCC=C(Cc2cc(C3(c4cc(Cc5ccc(O)cc5)c(O)c(Cc5ccc(O)cc5)c4)c4ccccc4-c4ccccc43)cc(Cc3ccc(O)cc3)c2O)C=C1. The Hall–Kier alpha value is -7.44. The minimum atomic E-state index is -0.923. The number of fused-ring (bicyclic) bond motifs is 3. The van der Waals surface area contributed by atoms with Crippen LogP contribution in [0.4, 0.5) is 0 Å². The molecule has 0 heterocycles. The van der Waals surface area contributed by atoms with E-state index in [0.717, 1.165) is 77.9 Å². The van der Waals surface area contributed by atoms with Crippen LogP contribution in [-0.2, 0) is 31.1 Å². The molecule has 0 unspecified atom stereocenters. The quantitative estimate of drug-likeness (QED) is 0.0821. The molecule has 0 spiro atoms. The zero-order valence-electron chi connectivity index (χ0n) is 32.9. The summed E-state index contributed by atoms with van der Waals surface area (Å²) >= 11 is 0. The summed E-state index contributed by atoms with van der Waals surface area (Å²) in [6.07, 6.45) is 9.56. The predicted molar refractivity (Wildman–Crippen MR) is 236 cm³/mol. The zero-order chi connectivity index (χ0) is 41.4. The monoisotopic (exact) mass is 788 g/mol. The minimum absolute atomic E-state index is 0.164. The Bertz CT molecular complexity index is 2710. The van der Waals surface area contributed by atoms with Crippen molar-refractivity contribution in [1.29, 1.82) is 0 Å². The van der Waals surface area contributed by atoms with Gasteiger partial charge in [0, 0.05) is 25.7 Å². The van der Waals surface area contributed by atoms with Gasteiger partial charge >= 0.3 is 0 Å². The fourth-order valence-corrected chi connectivity index (χ4v) is 9.03. The average molecular weight is 789 g/mol. The van der Waals surface area contributed by atoms with Crippen LogP contribution in [0.1, 0.15) is 67.6 Å². The molecule has 0 saturated carbocycles. The van der Waals surface area contributed by atoms with Gasteiger partial charge in [-0.15, -0.1) is 0 Å². The molecule has 0 amide bonds. The molecule has 2 aliphatic carbocycles. The number of rotatable bonds is 10. The van der Waals surface area contributed by atoms with Crippen molar-refractivity contribution in [3.05, 3.63) is 242 Å². The van der Waals surface area contributed by atoms with E-state index in [-0.39, 0.29) is 34.5 Å². The first-order valence-corrected chi connectivity index (χ1v) is 20.2. The van der Waals surface area contributed by atoms with E-state index in [1.807, 2.05) is 42.5 Å². The summed E-state index contributed by atoms with van der Waals surface area (Å²) in [5, 5.41) is 65.1. The molecule has 9 rings (SSSR count). The van der Waals surface area contributed by atoms with Crippen LogP contribution in [0.2, 0.25) is 0 Å². The third-order valence-electron chi connectivity index (χ3n) is 11.9. The second-order valence-electron chi connectivity index (χ2n) is 15.8. The Morgan fingerprint density at radius 2 is 0.783 bits per heavy atom. The van der Waals surface area contributed by atoms with Crippen LogP contribution in [0.25, 0.3) is 11.1 Å². The molecule has 296 valence electrons. The Morgan fingerprint density at radius 3 is 1.20 bits per heavy atom. The second kappa shape index (κ2) is 15.7. The number of aromatic hydroxyl groups is 5. The number of phenols is 5. The van der Waals surface area contributed by atoms with Crippen LogP contribution in [0.15, 0.2) is 181 Å². The number of aliphatic hydroxyl groups is 1. The lowest BCUT2D eigenvalue weighted by Crippen LogP contribution is -2.29. The summed E-state index contributed by atoms with van der Waals surface area (Å²) in [6, 6.07) is 46.5. The van der Waals surface area contributed by atoms with E-state index in [2.05, 4.69) is 78.9 Å². The molecular weight excluding hydrogens is 745 g/mol. The van der Waals surface area contributed by atoms with Gasteiger partial charge in [0.2, 0.25) is 0 Å². The van der Waals surface area contributed by atoms with Gasteiger partial charge < -0.3 is 30.6 Å². The molecule has 0 radical (unpaired) electrons. The topological polar surface area (TPSA) is 121 Å². The van der Waals surface area contributed by atoms with Gasteiger partial charge in [0.25, 0.3) is 0 Å². The summed E-state index contributed by atoms with van der Waals surface area (Å²) in [7, 11) is 0. The predicted octanol–water partition coefficient (Wildman–Crippen LogP) is 11.2. The lowest BCUT2D eigenvalue weighted by atomic mass is 9.66. The summed E-state index contributed by atoms with van der Waals surface area (Å²) in [5.41, 5.74) is 11.9. The Morgan fingerprint density at radius 1 is 0.400 bits per heavy atom. The maximum Gasteiger partial charge on any atom is 0.122 e. The molecule has 7 aromatic rings. The van der Waals surface area contributed by atoms with Gasteiger partial charge in [-0.25, -0.2) is 0 Å². The van der Waals surface area contributed by atoms with Crippen LogP contribution < -0.4 is 0 Å². The second-order valence-corrected chi connectivity index (χ2v) is 15.8. The summed E-state index contributed by atoms with van der Waals surface area (Å²) in [6.45, 7) is 0. The third-order valence-corrected chi connectivity index (χ3v) is 11.9. The van der Waals surface area contributed by atoms with Crippen LogP contribution in [0.3, 0.4) is 0 Å². The fraction of sp³-hybridized carbons (Fsp3) is 0.111. The smallest absolute Gasteiger partial charge is 0.122 e. The average Bonchev–Trinajstić information content (AvgIpc) is 3.40. The Labute approximate surface area is 349 Å².